The molecule has 0 radical (unpaired) electrons. The highest BCUT2D eigenvalue weighted by Gasteiger charge is 2.23. The zero-order valence-electron chi connectivity index (χ0n) is 8.59. The normalized spacial score (nSPS) is 12.0. The fraction of sp³-hybridized carbons (Fsp3) is 0.778. The molecule has 4 heteroatoms. The third-order valence-electron chi connectivity index (χ3n) is 2.13. The Balaban J connectivity index is 2.79. The van der Waals surface area contributed by atoms with E-state index in [-0.39, 0.29) is 5.41 Å². The molecule has 0 unspecified atom stereocenters. The smallest absolute Gasteiger partial charge is 0.157 e. The summed E-state index contributed by atoms with van der Waals surface area (Å²) in [6.07, 6.45) is 2.03. The zero-order valence-corrected chi connectivity index (χ0v) is 8.59. The van der Waals surface area contributed by atoms with E-state index in [1.54, 1.807) is 0 Å². The number of aromatic amines is 1. The molecule has 0 aliphatic rings. The molecule has 0 saturated heterocycles. The number of hydrogen-bond donors (Lipinski definition) is 2. The van der Waals surface area contributed by atoms with Crippen molar-refractivity contribution in [2.75, 3.05) is 6.54 Å². The van der Waals surface area contributed by atoms with Gasteiger partial charge in [-0.05, 0) is 6.42 Å². The summed E-state index contributed by atoms with van der Waals surface area (Å²) < 4.78 is 0. The molecule has 0 bridgehead atoms. The van der Waals surface area contributed by atoms with Crippen molar-refractivity contribution in [3.63, 3.8) is 0 Å². The van der Waals surface area contributed by atoms with E-state index in [9.17, 15) is 0 Å². The van der Waals surface area contributed by atoms with Gasteiger partial charge in [0.05, 0.1) is 0 Å². The number of aryl methyl sites for hydroxylation is 1. The monoisotopic (exact) mass is 182 g/mol. The average molecular weight is 182 g/mol. The molecule has 0 aromatic carbocycles. The van der Waals surface area contributed by atoms with Crippen molar-refractivity contribution in [1.82, 2.24) is 15.2 Å². The van der Waals surface area contributed by atoms with E-state index in [2.05, 4.69) is 22.1 Å². The fourth-order valence-corrected chi connectivity index (χ4v) is 1.04. The Hall–Kier alpha value is -0.900. The molecule has 13 heavy (non-hydrogen) atoms. The van der Waals surface area contributed by atoms with Crippen LogP contribution in [0.3, 0.4) is 0 Å². The molecule has 0 aliphatic heterocycles. The number of hydrogen-bond acceptors (Lipinski definition) is 3. The van der Waals surface area contributed by atoms with Crippen molar-refractivity contribution in [3.05, 3.63) is 11.6 Å². The van der Waals surface area contributed by atoms with Crippen LogP contribution in [0.5, 0.6) is 0 Å². The molecular weight excluding hydrogens is 164 g/mol. The van der Waals surface area contributed by atoms with Crippen LogP contribution in [0.25, 0.3) is 0 Å². The second kappa shape index (κ2) is 3.87. The molecule has 74 valence electrons. The standard InChI is InChI=1S/C9H18N4/c1-4-5-7-11-8(13-12-7)9(2,3)6-10/h4-6,10H2,1-3H3,(H,11,12,13). The maximum atomic E-state index is 5.63. The second-order valence-corrected chi connectivity index (χ2v) is 3.94. The lowest BCUT2D eigenvalue weighted by Crippen LogP contribution is -2.29. The van der Waals surface area contributed by atoms with Crippen LogP contribution >= 0.6 is 0 Å². The Morgan fingerprint density at radius 3 is 2.69 bits per heavy atom. The first kappa shape index (κ1) is 10.2. The van der Waals surface area contributed by atoms with Gasteiger partial charge in [-0.15, -0.1) is 0 Å². The molecule has 4 nitrogen and oxygen atoms in total. The largest absolute Gasteiger partial charge is 0.329 e. The van der Waals surface area contributed by atoms with Gasteiger partial charge in [0.15, 0.2) is 5.82 Å². The predicted molar refractivity (Wildman–Crippen MR) is 52.5 cm³/mol. The van der Waals surface area contributed by atoms with Crippen molar-refractivity contribution in [1.29, 1.82) is 0 Å². The molecule has 0 fully saturated rings. The van der Waals surface area contributed by atoms with Crippen molar-refractivity contribution < 1.29 is 0 Å². The first-order valence-electron chi connectivity index (χ1n) is 4.72. The minimum Gasteiger partial charge on any atom is -0.329 e. The average Bonchev–Trinajstić information content (AvgIpc) is 2.54. The quantitative estimate of drug-likeness (QED) is 0.729. The fourth-order valence-electron chi connectivity index (χ4n) is 1.04. The van der Waals surface area contributed by atoms with E-state index in [0.29, 0.717) is 6.54 Å². The molecule has 0 amide bonds. The maximum absolute atomic E-state index is 5.63. The van der Waals surface area contributed by atoms with Crippen LogP contribution in [-0.4, -0.2) is 21.7 Å². The second-order valence-electron chi connectivity index (χ2n) is 3.94. The first-order chi connectivity index (χ1) is 6.10. The van der Waals surface area contributed by atoms with E-state index < -0.39 is 0 Å². The Kier molecular flexibility index (Phi) is 3.03. The highest BCUT2D eigenvalue weighted by atomic mass is 15.2. The van der Waals surface area contributed by atoms with E-state index in [1.165, 1.54) is 0 Å². The van der Waals surface area contributed by atoms with E-state index in [4.69, 9.17) is 5.73 Å². The van der Waals surface area contributed by atoms with Crippen molar-refractivity contribution in [2.24, 2.45) is 5.73 Å². The highest BCUT2D eigenvalue weighted by molar-refractivity contribution is 5.04. The third kappa shape index (κ3) is 2.28. The van der Waals surface area contributed by atoms with Gasteiger partial charge in [0, 0.05) is 18.4 Å². The minimum absolute atomic E-state index is 0.123. The third-order valence-corrected chi connectivity index (χ3v) is 2.13. The molecule has 1 aromatic heterocycles. The molecule has 1 rings (SSSR count). The summed E-state index contributed by atoms with van der Waals surface area (Å²) in [5.41, 5.74) is 5.51. The van der Waals surface area contributed by atoms with Gasteiger partial charge in [-0.1, -0.05) is 20.8 Å². The van der Waals surface area contributed by atoms with Crippen molar-refractivity contribution in [2.45, 2.75) is 39.0 Å². The lowest BCUT2D eigenvalue weighted by Gasteiger charge is -2.17. The van der Waals surface area contributed by atoms with Crippen LogP contribution in [0.1, 0.15) is 38.8 Å². The molecule has 0 spiro atoms. The summed E-state index contributed by atoms with van der Waals surface area (Å²) in [6, 6.07) is 0. The van der Waals surface area contributed by atoms with E-state index in [0.717, 1.165) is 24.5 Å². The predicted octanol–water partition coefficient (Wildman–Crippen LogP) is 0.993. The first-order valence-corrected chi connectivity index (χ1v) is 4.72. The lowest BCUT2D eigenvalue weighted by atomic mass is 9.93. The Morgan fingerprint density at radius 2 is 2.15 bits per heavy atom. The summed E-state index contributed by atoms with van der Waals surface area (Å²) in [5.74, 6) is 1.78. The van der Waals surface area contributed by atoms with Crippen molar-refractivity contribution >= 4 is 0 Å². The number of nitrogens with one attached hydrogen (secondary N) is 1. The highest BCUT2D eigenvalue weighted by Crippen LogP contribution is 2.17. The van der Waals surface area contributed by atoms with Crippen LogP contribution in [-0.2, 0) is 11.8 Å². The van der Waals surface area contributed by atoms with Gasteiger partial charge in [-0.2, -0.15) is 5.10 Å². The van der Waals surface area contributed by atoms with Crippen molar-refractivity contribution in [3.8, 4) is 0 Å². The number of aromatic nitrogens is 3. The lowest BCUT2D eigenvalue weighted by molar-refractivity contribution is 0.504. The molecule has 0 saturated carbocycles. The summed E-state index contributed by atoms with van der Waals surface area (Å²) >= 11 is 0. The van der Waals surface area contributed by atoms with Crippen LogP contribution in [0.15, 0.2) is 0 Å². The van der Waals surface area contributed by atoms with Gasteiger partial charge in [-0.3, -0.25) is 5.10 Å². The van der Waals surface area contributed by atoms with Gasteiger partial charge in [0.25, 0.3) is 0 Å². The summed E-state index contributed by atoms with van der Waals surface area (Å²) in [6.45, 7) is 6.78. The summed E-state index contributed by atoms with van der Waals surface area (Å²) in [4.78, 5) is 4.40. The van der Waals surface area contributed by atoms with Gasteiger partial charge in [-0.25, -0.2) is 4.98 Å². The number of rotatable bonds is 4. The maximum Gasteiger partial charge on any atom is 0.157 e. The van der Waals surface area contributed by atoms with Crippen LogP contribution in [0.2, 0.25) is 0 Å². The Labute approximate surface area is 78.9 Å². The van der Waals surface area contributed by atoms with E-state index in [1.807, 2.05) is 13.8 Å². The van der Waals surface area contributed by atoms with Crippen LogP contribution < -0.4 is 5.73 Å². The molecule has 0 aliphatic carbocycles. The van der Waals surface area contributed by atoms with E-state index >= 15 is 0 Å². The SMILES string of the molecule is CCCc1nc(C(C)(C)CN)n[nH]1. The van der Waals surface area contributed by atoms with Gasteiger partial charge >= 0.3 is 0 Å². The van der Waals surface area contributed by atoms with Gasteiger partial charge in [0.2, 0.25) is 0 Å². The molecule has 3 N–H and O–H groups in total. The number of nitrogens with two attached hydrogens (primary N) is 1. The molecule has 0 atom stereocenters. The zero-order chi connectivity index (χ0) is 9.90. The summed E-state index contributed by atoms with van der Waals surface area (Å²) in [7, 11) is 0. The molecule has 1 heterocycles. The van der Waals surface area contributed by atoms with Gasteiger partial charge < -0.3 is 5.73 Å². The Morgan fingerprint density at radius 1 is 1.46 bits per heavy atom. The minimum atomic E-state index is -0.123. The van der Waals surface area contributed by atoms with Crippen LogP contribution in [0.4, 0.5) is 0 Å². The number of nitrogens with zero attached hydrogens (tertiary/aromatic N) is 2. The molecule has 1 aromatic rings. The number of H-pyrrole nitrogens is 1. The van der Waals surface area contributed by atoms with Gasteiger partial charge in [0.1, 0.15) is 5.82 Å². The molecular formula is C9H18N4. The Bertz CT molecular complexity index is 264. The topological polar surface area (TPSA) is 67.6 Å². The van der Waals surface area contributed by atoms with Crippen LogP contribution in [0, 0.1) is 0 Å². The summed E-state index contributed by atoms with van der Waals surface area (Å²) in [5, 5.41) is 7.09.